The molecule has 8 nitrogen and oxygen atoms in total. The van der Waals surface area contributed by atoms with Gasteiger partial charge in [-0.2, -0.15) is 5.10 Å². The van der Waals surface area contributed by atoms with Crippen LogP contribution in [0.1, 0.15) is 39.7 Å². The normalized spacial score (nSPS) is 17.4. The van der Waals surface area contributed by atoms with Gasteiger partial charge >= 0.3 is 6.09 Å². The summed E-state index contributed by atoms with van der Waals surface area (Å²) >= 11 is 0. The topological polar surface area (TPSA) is 83.8 Å². The van der Waals surface area contributed by atoms with Crippen LogP contribution in [0.15, 0.2) is 17.4 Å². The second-order valence-corrected chi connectivity index (χ2v) is 7.59. The molecule has 9 heteroatoms. The number of likely N-dealkylation sites (tertiary alicyclic amines) is 1. The lowest BCUT2D eigenvalue weighted by Gasteiger charge is -2.23. The minimum absolute atomic E-state index is 0. The SMILES string of the molecule is CCNC(=NCCc1cnn(C)c1)N1CCC(NC(=O)OC(C)(C)C)C1.I. The van der Waals surface area contributed by atoms with Crippen molar-refractivity contribution in [3.05, 3.63) is 18.0 Å². The number of amides is 1. The summed E-state index contributed by atoms with van der Waals surface area (Å²) in [5, 5.41) is 10.5. The number of carbonyl (C=O) groups is 1. The molecule has 1 amide bonds. The van der Waals surface area contributed by atoms with E-state index in [0.717, 1.165) is 38.4 Å². The van der Waals surface area contributed by atoms with Crippen molar-refractivity contribution in [1.29, 1.82) is 0 Å². The first-order valence-electron chi connectivity index (χ1n) is 9.27. The standard InChI is InChI=1S/C18H32N6O2.HI/c1-6-19-16(20-9-7-14-11-21-23(5)12-14)24-10-8-15(13-24)22-17(25)26-18(2,3)4;/h11-12,15H,6-10,13H2,1-5H3,(H,19,20)(H,22,25);1H. The predicted molar refractivity (Wildman–Crippen MR) is 118 cm³/mol. The number of halogens is 1. The number of aliphatic imine (C=N–C) groups is 1. The van der Waals surface area contributed by atoms with Gasteiger partial charge in [-0.3, -0.25) is 9.67 Å². The first-order chi connectivity index (χ1) is 12.3. The molecule has 0 aliphatic carbocycles. The predicted octanol–water partition coefficient (Wildman–Crippen LogP) is 2.15. The minimum Gasteiger partial charge on any atom is -0.444 e. The summed E-state index contributed by atoms with van der Waals surface area (Å²) in [5.74, 6) is 0.893. The van der Waals surface area contributed by atoms with Gasteiger partial charge in [-0.25, -0.2) is 4.79 Å². The Kier molecular flexibility index (Phi) is 9.34. The van der Waals surface area contributed by atoms with Gasteiger partial charge < -0.3 is 20.3 Å². The molecule has 1 aromatic heterocycles. The number of hydrogen-bond acceptors (Lipinski definition) is 4. The number of guanidine groups is 1. The third-order valence-corrected chi connectivity index (χ3v) is 3.96. The molecule has 1 aliphatic heterocycles. The maximum atomic E-state index is 11.9. The smallest absolute Gasteiger partial charge is 0.407 e. The summed E-state index contributed by atoms with van der Waals surface area (Å²) in [6.07, 6.45) is 5.27. The zero-order valence-corrected chi connectivity index (χ0v) is 19.3. The Hall–Kier alpha value is -1.52. The quantitative estimate of drug-likeness (QED) is 0.374. The molecule has 0 spiro atoms. The largest absolute Gasteiger partial charge is 0.444 e. The van der Waals surface area contributed by atoms with Crippen LogP contribution in [0.5, 0.6) is 0 Å². The molecule has 1 saturated heterocycles. The molecular formula is C18H33IN6O2. The van der Waals surface area contributed by atoms with E-state index in [2.05, 4.69) is 27.6 Å². The maximum absolute atomic E-state index is 11.9. The van der Waals surface area contributed by atoms with Gasteiger partial charge in [0.1, 0.15) is 5.60 Å². The highest BCUT2D eigenvalue weighted by Gasteiger charge is 2.27. The number of nitrogens with zero attached hydrogens (tertiary/aromatic N) is 4. The molecule has 1 aromatic rings. The highest BCUT2D eigenvalue weighted by Crippen LogP contribution is 2.12. The van der Waals surface area contributed by atoms with Gasteiger partial charge in [0.15, 0.2) is 5.96 Å². The molecule has 1 aliphatic rings. The number of carbonyl (C=O) groups excluding carboxylic acids is 1. The van der Waals surface area contributed by atoms with Crippen LogP contribution >= 0.6 is 24.0 Å². The van der Waals surface area contributed by atoms with Gasteiger partial charge in [0, 0.05) is 39.4 Å². The van der Waals surface area contributed by atoms with Crippen molar-refractivity contribution in [3.63, 3.8) is 0 Å². The summed E-state index contributed by atoms with van der Waals surface area (Å²) in [7, 11) is 1.92. The molecule has 1 unspecified atom stereocenters. The highest BCUT2D eigenvalue weighted by atomic mass is 127. The fourth-order valence-corrected chi connectivity index (χ4v) is 2.86. The molecule has 1 fully saturated rings. The second kappa shape index (κ2) is 10.7. The van der Waals surface area contributed by atoms with Gasteiger partial charge in [0.25, 0.3) is 0 Å². The average Bonchev–Trinajstić information content (AvgIpc) is 3.13. The van der Waals surface area contributed by atoms with E-state index in [0.29, 0.717) is 6.54 Å². The lowest BCUT2D eigenvalue weighted by Crippen LogP contribution is -2.44. The zero-order chi connectivity index (χ0) is 19.2. The summed E-state index contributed by atoms with van der Waals surface area (Å²) in [5.41, 5.74) is 0.698. The van der Waals surface area contributed by atoms with Crippen molar-refractivity contribution >= 4 is 36.0 Å². The van der Waals surface area contributed by atoms with E-state index in [1.807, 2.05) is 40.2 Å². The van der Waals surface area contributed by atoms with Crippen LogP contribution in [-0.4, -0.2) is 64.6 Å². The Morgan fingerprint density at radius 3 is 2.78 bits per heavy atom. The molecular weight excluding hydrogens is 459 g/mol. The van der Waals surface area contributed by atoms with Crippen molar-refractivity contribution in [1.82, 2.24) is 25.3 Å². The summed E-state index contributed by atoms with van der Waals surface area (Å²) in [6.45, 7) is 10.8. The Bertz CT molecular complexity index is 626. The maximum Gasteiger partial charge on any atom is 0.407 e. The van der Waals surface area contributed by atoms with Crippen molar-refractivity contribution in [2.75, 3.05) is 26.2 Å². The Morgan fingerprint density at radius 2 is 2.19 bits per heavy atom. The fraction of sp³-hybridized carbons (Fsp3) is 0.722. The van der Waals surface area contributed by atoms with Crippen LogP contribution in [0.4, 0.5) is 4.79 Å². The Balaban J connectivity index is 0.00000364. The molecule has 27 heavy (non-hydrogen) atoms. The van der Waals surface area contributed by atoms with E-state index in [1.54, 1.807) is 4.68 Å². The minimum atomic E-state index is -0.481. The molecule has 2 N–H and O–H groups in total. The number of ether oxygens (including phenoxy) is 1. The van der Waals surface area contributed by atoms with Crippen LogP contribution in [0.2, 0.25) is 0 Å². The highest BCUT2D eigenvalue weighted by molar-refractivity contribution is 14.0. The molecule has 0 aromatic carbocycles. The van der Waals surface area contributed by atoms with E-state index in [4.69, 9.17) is 9.73 Å². The van der Waals surface area contributed by atoms with E-state index in [9.17, 15) is 4.79 Å². The van der Waals surface area contributed by atoms with Crippen molar-refractivity contribution < 1.29 is 9.53 Å². The first kappa shape index (κ1) is 23.5. The lowest BCUT2D eigenvalue weighted by atomic mass is 10.2. The first-order valence-corrected chi connectivity index (χ1v) is 9.27. The molecule has 0 radical (unpaired) electrons. The number of hydrogen-bond donors (Lipinski definition) is 2. The molecule has 1 atom stereocenters. The lowest BCUT2D eigenvalue weighted by molar-refractivity contribution is 0.0507. The second-order valence-electron chi connectivity index (χ2n) is 7.59. The fourth-order valence-electron chi connectivity index (χ4n) is 2.86. The summed E-state index contributed by atoms with van der Waals surface area (Å²) < 4.78 is 7.14. The van der Waals surface area contributed by atoms with Crippen LogP contribution < -0.4 is 10.6 Å². The van der Waals surface area contributed by atoms with Crippen LogP contribution in [0.3, 0.4) is 0 Å². The van der Waals surface area contributed by atoms with Gasteiger partial charge in [0.2, 0.25) is 0 Å². The van der Waals surface area contributed by atoms with E-state index in [-0.39, 0.29) is 36.1 Å². The van der Waals surface area contributed by atoms with Crippen LogP contribution in [-0.2, 0) is 18.2 Å². The number of rotatable bonds is 5. The zero-order valence-electron chi connectivity index (χ0n) is 17.0. The third-order valence-electron chi connectivity index (χ3n) is 3.96. The van der Waals surface area contributed by atoms with E-state index in [1.165, 1.54) is 5.56 Å². The van der Waals surface area contributed by atoms with Crippen LogP contribution in [0.25, 0.3) is 0 Å². The van der Waals surface area contributed by atoms with Gasteiger partial charge in [-0.05, 0) is 46.1 Å². The van der Waals surface area contributed by atoms with Crippen molar-refractivity contribution in [2.45, 2.75) is 52.2 Å². The number of alkyl carbamates (subject to hydrolysis) is 1. The van der Waals surface area contributed by atoms with E-state index >= 15 is 0 Å². The number of nitrogens with one attached hydrogen (secondary N) is 2. The number of aromatic nitrogens is 2. The van der Waals surface area contributed by atoms with E-state index < -0.39 is 5.60 Å². The monoisotopic (exact) mass is 492 g/mol. The molecule has 154 valence electrons. The van der Waals surface area contributed by atoms with Gasteiger partial charge in [-0.1, -0.05) is 0 Å². The van der Waals surface area contributed by atoms with Crippen molar-refractivity contribution in [2.24, 2.45) is 12.0 Å². The molecule has 0 bridgehead atoms. The van der Waals surface area contributed by atoms with Crippen LogP contribution in [0, 0.1) is 0 Å². The third kappa shape index (κ3) is 8.35. The Morgan fingerprint density at radius 1 is 1.44 bits per heavy atom. The Labute approximate surface area is 179 Å². The average molecular weight is 492 g/mol. The molecule has 0 saturated carbocycles. The number of aryl methyl sites for hydroxylation is 1. The van der Waals surface area contributed by atoms with Crippen molar-refractivity contribution in [3.8, 4) is 0 Å². The van der Waals surface area contributed by atoms with Gasteiger partial charge in [0.05, 0.1) is 12.2 Å². The van der Waals surface area contributed by atoms with Gasteiger partial charge in [-0.15, -0.1) is 24.0 Å². The molecule has 2 heterocycles. The summed E-state index contributed by atoms with van der Waals surface area (Å²) in [4.78, 5) is 18.9. The summed E-state index contributed by atoms with van der Waals surface area (Å²) in [6, 6.07) is 0.0760. The molecule has 2 rings (SSSR count).